The Labute approximate surface area is 114 Å². The van der Waals surface area contributed by atoms with Gasteiger partial charge in [-0.3, -0.25) is 0 Å². The van der Waals surface area contributed by atoms with Crippen molar-refractivity contribution in [1.29, 1.82) is 5.26 Å². The molecule has 1 aliphatic rings. The summed E-state index contributed by atoms with van der Waals surface area (Å²) in [6.07, 6.45) is 4.07. The molecule has 0 amide bonds. The lowest BCUT2D eigenvalue weighted by Crippen LogP contribution is -2.29. The van der Waals surface area contributed by atoms with Crippen molar-refractivity contribution < 1.29 is 0 Å². The number of aromatic nitrogens is 1. The fourth-order valence-electron chi connectivity index (χ4n) is 1.72. The van der Waals surface area contributed by atoms with Gasteiger partial charge in [-0.05, 0) is 31.5 Å². The number of halogens is 2. The molecule has 17 heavy (non-hydrogen) atoms. The summed E-state index contributed by atoms with van der Waals surface area (Å²) in [6, 6.07) is 6.22. The smallest absolute Gasteiger partial charge is 0.126 e. The molecule has 0 bridgehead atoms. The molecule has 6 heteroatoms. The van der Waals surface area contributed by atoms with Crippen LogP contribution in [0, 0.1) is 11.3 Å². The van der Waals surface area contributed by atoms with E-state index in [1.807, 2.05) is 12.1 Å². The van der Waals surface area contributed by atoms with Gasteiger partial charge in [-0.15, -0.1) is 24.8 Å². The zero-order chi connectivity index (χ0) is 10.5. The number of pyridine rings is 1. The average Bonchev–Trinajstić information content (AvgIpc) is 2.80. The van der Waals surface area contributed by atoms with Crippen LogP contribution in [0.5, 0.6) is 0 Å². The lowest BCUT2D eigenvalue weighted by molar-refractivity contribution is 0.632. The maximum atomic E-state index is 8.61. The van der Waals surface area contributed by atoms with Gasteiger partial charge in [-0.2, -0.15) is 5.26 Å². The molecule has 0 spiro atoms. The van der Waals surface area contributed by atoms with Crippen LogP contribution in [0.25, 0.3) is 0 Å². The van der Waals surface area contributed by atoms with Crippen LogP contribution in [0.15, 0.2) is 18.3 Å². The largest absolute Gasteiger partial charge is 0.369 e. The van der Waals surface area contributed by atoms with Crippen LogP contribution < -0.4 is 10.6 Å². The van der Waals surface area contributed by atoms with Gasteiger partial charge in [-0.1, -0.05) is 0 Å². The second-order valence-electron chi connectivity index (χ2n) is 3.72. The molecule has 1 aliphatic heterocycles. The molecule has 1 aromatic heterocycles. The molecule has 2 heterocycles. The topological polar surface area (TPSA) is 60.7 Å². The van der Waals surface area contributed by atoms with Crippen molar-refractivity contribution >= 4 is 30.6 Å². The first-order valence-corrected chi connectivity index (χ1v) is 5.22. The maximum Gasteiger partial charge on any atom is 0.126 e. The maximum absolute atomic E-state index is 8.61. The predicted molar refractivity (Wildman–Crippen MR) is 73.0 cm³/mol. The lowest BCUT2D eigenvalue weighted by atomic mass is 10.2. The number of nitriles is 1. The van der Waals surface area contributed by atoms with Crippen LogP contribution >= 0.6 is 24.8 Å². The van der Waals surface area contributed by atoms with Crippen molar-refractivity contribution in [3.63, 3.8) is 0 Å². The Balaban J connectivity index is 0.00000128. The Morgan fingerprint density at radius 2 is 2.29 bits per heavy atom. The number of rotatable bonds is 3. The van der Waals surface area contributed by atoms with Crippen LogP contribution in [0.4, 0.5) is 5.82 Å². The molecule has 94 valence electrons. The Hall–Kier alpha value is -1.02. The Morgan fingerprint density at radius 1 is 1.47 bits per heavy atom. The third-order valence-corrected chi connectivity index (χ3v) is 2.58. The third-order valence-electron chi connectivity index (χ3n) is 2.58. The molecule has 0 saturated carbocycles. The summed E-state index contributed by atoms with van der Waals surface area (Å²) in [6.45, 7) is 2.02. The highest BCUT2D eigenvalue weighted by atomic mass is 35.5. The normalized spacial score (nSPS) is 17.5. The zero-order valence-corrected chi connectivity index (χ0v) is 11.0. The minimum atomic E-state index is 0. The van der Waals surface area contributed by atoms with Crippen LogP contribution in [-0.4, -0.2) is 24.1 Å². The highest BCUT2D eigenvalue weighted by Crippen LogP contribution is 2.08. The molecule has 0 radical (unpaired) electrons. The van der Waals surface area contributed by atoms with E-state index in [1.54, 1.807) is 12.3 Å². The fraction of sp³-hybridized carbons (Fsp3) is 0.455. The molecule has 1 fully saturated rings. The van der Waals surface area contributed by atoms with E-state index in [-0.39, 0.29) is 24.8 Å². The SMILES string of the molecule is Cl.Cl.N#Cc1ccc(NCC2CCCN2)nc1. The Morgan fingerprint density at radius 3 is 2.82 bits per heavy atom. The molecule has 0 aliphatic carbocycles. The average molecular weight is 275 g/mol. The van der Waals surface area contributed by atoms with Gasteiger partial charge in [-0.25, -0.2) is 4.98 Å². The van der Waals surface area contributed by atoms with E-state index in [4.69, 9.17) is 5.26 Å². The van der Waals surface area contributed by atoms with Gasteiger partial charge in [0.25, 0.3) is 0 Å². The molecule has 2 rings (SSSR count). The number of hydrogen-bond donors (Lipinski definition) is 2. The fourth-order valence-corrected chi connectivity index (χ4v) is 1.72. The first kappa shape index (κ1) is 16.0. The first-order chi connectivity index (χ1) is 7.38. The van der Waals surface area contributed by atoms with Crippen molar-refractivity contribution in [3.8, 4) is 6.07 Å². The van der Waals surface area contributed by atoms with E-state index in [0.29, 0.717) is 11.6 Å². The van der Waals surface area contributed by atoms with Crippen LogP contribution in [0.3, 0.4) is 0 Å². The Kier molecular flexibility index (Phi) is 7.64. The number of nitrogens with one attached hydrogen (secondary N) is 2. The molecular weight excluding hydrogens is 259 g/mol. The number of anilines is 1. The molecule has 2 N–H and O–H groups in total. The Bertz CT molecular complexity index is 355. The summed E-state index contributed by atoms with van der Waals surface area (Å²) in [5.41, 5.74) is 0.597. The van der Waals surface area contributed by atoms with E-state index in [0.717, 1.165) is 18.9 Å². The summed E-state index contributed by atoms with van der Waals surface area (Å²) in [5, 5.41) is 15.3. The van der Waals surface area contributed by atoms with Crippen LogP contribution in [0.1, 0.15) is 18.4 Å². The summed E-state index contributed by atoms with van der Waals surface area (Å²) in [7, 11) is 0. The first-order valence-electron chi connectivity index (χ1n) is 5.22. The van der Waals surface area contributed by atoms with Crippen LogP contribution in [-0.2, 0) is 0 Å². The molecule has 1 unspecified atom stereocenters. The van der Waals surface area contributed by atoms with Gasteiger partial charge in [0.15, 0.2) is 0 Å². The molecular formula is C11H16Cl2N4. The predicted octanol–water partition coefficient (Wildman–Crippen LogP) is 1.96. The van der Waals surface area contributed by atoms with Gasteiger partial charge >= 0.3 is 0 Å². The van der Waals surface area contributed by atoms with Crippen molar-refractivity contribution in [3.05, 3.63) is 23.9 Å². The van der Waals surface area contributed by atoms with Gasteiger partial charge in [0.1, 0.15) is 11.9 Å². The molecule has 1 aromatic rings. The minimum absolute atomic E-state index is 0. The monoisotopic (exact) mass is 274 g/mol. The van der Waals surface area contributed by atoms with E-state index < -0.39 is 0 Å². The molecule has 1 saturated heterocycles. The van der Waals surface area contributed by atoms with Crippen molar-refractivity contribution in [2.45, 2.75) is 18.9 Å². The summed E-state index contributed by atoms with van der Waals surface area (Å²) < 4.78 is 0. The van der Waals surface area contributed by atoms with Gasteiger partial charge < -0.3 is 10.6 Å². The van der Waals surface area contributed by atoms with E-state index in [9.17, 15) is 0 Å². The molecule has 0 aromatic carbocycles. The van der Waals surface area contributed by atoms with E-state index >= 15 is 0 Å². The number of hydrogen-bond acceptors (Lipinski definition) is 4. The minimum Gasteiger partial charge on any atom is -0.369 e. The quantitative estimate of drug-likeness (QED) is 0.885. The van der Waals surface area contributed by atoms with Crippen molar-refractivity contribution in [2.75, 3.05) is 18.4 Å². The van der Waals surface area contributed by atoms with E-state index in [2.05, 4.69) is 15.6 Å². The molecule has 4 nitrogen and oxygen atoms in total. The third kappa shape index (κ3) is 4.78. The zero-order valence-electron chi connectivity index (χ0n) is 9.35. The molecule has 1 atom stereocenters. The number of nitrogens with zero attached hydrogens (tertiary/aromatic N) is 2. The van der Waals surface area contributed by atoms with Crippen LogP contribution in [0.2, 0.25) is 0 Å². The van der Waals surface area contributed by atoms with Gasteiger partial charge in [0, 0.05) is 18.8 Å². The highest BCUT2D eigenvalue weighted by Gasteiger charge is 2.13. The van der Waals surface area contributed by atoms with E-state index in [1.165, 1.54) is 12.8 Å². The summed E-state index contributed by atoms with van der Waals surface area (Å²) >= 11 is 0. The second kappa shape index (κ2) is 8.13. The standard InChI is InChI=1S/C11H14N4.2ClH/c12-6-9-3-4-11(14-7-9)15-8-10-2-1-5-13-10;;/h3-4,7,10,13H,1-2,5,8H2,(H,14,15);2*1H. The summed E-state index contributed by atoms with van der Waals surface area (Å²) in [4.78, 5) is 4.15. The van der Waals surface area contributed by atoms with Crippen molar-refractivity contribution in [1.82, 2.24) is 10.3 Å². The highest BCUT2D eigenvalue weighted by molar-refractivity contribution is 5.85. The second-order valence-corrected chi connectivity index (χ2v) is 3.72. The van der Waals surface area contributed by atoms with Crippen molar-refractivity contribution in [2.24, 2.45) is 0 Å². The van der Waals surface area contributed by atoms with Gasteiger partial charge in [0.05, 0.1) is 5.56 Å². The van der Waals surface area contributed by atoms with Gasteiger partial charge in [0.2, 0.25) is 0 Å². The summed E-state index contributed by atoms with van der Waals surface area (Å²) in [5.74, 6) is 0.836. The lowest BCUT2D eigenvalue weighted by Gasteiger charge is -2.11.